The molecule has 4 aliphatic rings. The van der Waals surface area contributed by atoms with Crippen LogP contribution >= 0.6 is 18.9 Å². The second-order valence-electron chi connectivity index (χ2n) is 15.9. The van der Waals surface area contributed by atoms with Crippen molar-refractivity contribution in [1.29, 1.82) is 0 Å². The number of para-hydroxylation sites is 1. The largest absolute Gasteiger partial charge is 0.465 e. The minimum atomic E-state index is -4.44. The third-order valence-corrected chi connectivity index (χ3v) is 15.1. The maximum absolute atomic E-state index is 16.5. The van der Waals surface area contributed by atoms with Crippen molar-refractivity contribution in [3.63, 3.8) is 0 Å². The summed E-state index contributed by atoms with van der Waals surface area (Å²) in [6.45, 7) is 6.69. The predicted molar refractivity (Wildman–Crippen MR) is 223 cm³/mol. The normalized spacial score (nSPS) is 22.7. The van der Waals surface area contributed by atoms with Crippen LogP contribution < -0.4 is 19.8 Å². The monoisotopic (exact) mass is 844 g/mol. The molecule has 13 nitrogen and oxygen atoms in total. The van der Waals surface area contributed by atoms with Gasteiger partial charge in [0.15, 0.2) is 0 Å². The van der Waals surface area contributed by atoms with Crippen LogP contribution in [0.5, 0.6) is 5.75 Å². The number of pyridine rings is 1. The van der Waals surface area contributed by atoms with Crippen molar-refractivity contribution >= 4 is 58.3 Å². The molecule has 4 aliphatic heterocycles. The van der Waals surface area contributed by atoms with Gasteiger partial charge in [0.05, 0.1) is 11.5 Å². The number of alkyl halides is 1. The zero-order valence-corrected chi connectivity index (χ0v) is 35.0. The van der Waals surface area contributed by atoms with Crippen LogP contribution in [-0.4, -0.2) is 95.4 Å². The molecular formula is C43H50FN6O7PS. The number of likely N-dealkylation sites (tertiary alicyclic amines) is 1. The Balaban J connectivity index is 0.939. The van der Waals surface area contributed by atoms with Crippen molar-refractivity contribution in [2.24, 2.45) is 0 Å². The van der Waals surface area contributed by atoms with Crippen molar-refractivity contribution in [1.82, 2.24) is 25.2 Å². The number of halogens is 1. The quantitative estimate of drug-likeness (QED) is 0.101. The van der Waals surface area contributed by atoms with Crippen LogP contribution in [0.3, 0.4) is 0 Å². The van der Waals surface area contributed by atoms with Crippen LogP contribution in [0.15, 0.2) is 73.1 Å². The smallest absolute Gasteiger partial charge is 0.355 e. The molecule has 2 N–H and O–H groups in total. The lowest BCUT2D eigenvalue weighted by Gasteiger charge is -2.44. The van der Waals surface area contributed by atoms with Gasteiger partial charge in [0.1, 0.15) is 23.9 Å². The van der Waals surface area contributed by atoms with Gasteiger partial charge in [-0.25, -0.2) is 9.48 Å². The highest BCUT2D eigenvalue weighted by atomic mass is 32.1. The third kappa shape index (κ3) is 8.47. The molecule has 1 unspecified atom stereocenters. The molecule has 0 aliphatic carbocycles. The van der Waals surface area contributed by atoms with Crippen molar-refractivity contribution < 1.29 is 37.4 Å². The number of nitrogens with zero attached hydrogens (tertiary/aromatic N) is 4. The van der Waals surface area contributed by atoms with E-state index in [0.29, 0.717) is 47.3 Å². The zero-order chi connectivity index (χ0) is 41.3. The van der Waals surface area contributed by atoms with Crippen molar-refractivity contribution in [2.75, 3.05) is 37.7 Å². The molecule has 2 aromatic carbocycles. The molecule has 6 heterocycles. The molecule has 59 heavy (non-hydrogen) atoms. The summed E-state index contributed by atoms with van der Waals surface area (Å²) in [6, 6.07) is 13.9. The van der Waals surface area contributed by atoms with E-state index < -0.39 is 43.4 Å². The first-order valence-corrected chi connectivity index (χ1v) is 23.1. The summed E-state index contributed by atoms with van der Waals surface area (Å²) in [7, 11) is -4.44. The molecule has 0 radical (unpaired) electrons. The Hall–Kier alpha value is -4.85. The molecule has 312 valence electrons. The average Bonchev–Trinajstić information content (AvgIpc) is 3.79. The maximum atomic E-state index is 16.5. The van der Waals surface area contributed by atoms with Gasteiger partial charge in [0, 0.05) is 66.5 Å². The minimum absolute atomic E-state index is 0.0309. The molecule has 0 saturated carbocycles. The Morgan fingerprint density at radius 2 is 1.81 bits per heavy atom. The molecule has 0 bridgehead atoms. The van der Waals surface area contributed by atoms with Gasteiger partial charge in [-0.3, -0.25) is 28.7 Å². The molecule has 4 fully saturated rings. The van der Waals surface area contributed by atoms with Crippen LogP contribution in [0.25, 0.3) is 10.1 Å². The highest BCUT2D eigenvalue weighted by Crippen LogP contribution is 2.58. The van der Waals surface area contributed by atoms with Crippen LogP contribution in [0.4, 0.5) is 10.1 Å². The van der Waals surface area contributed by atoms with Crippen LogP contribution in [0, 0.1) is 0 Å². The topological polar surface area (TPSA) is 150 Å². The van der Waals surface area contributed by atoms with E-state index >= 15 is 4.39 Å². The molecule has 3 amide bonds. The number of carbonyl (C=O) groups is 4. The maximum Gasteiger partial charge on any atom is 0.355 e. The standard InChI is InChI=1S/C43H50FN6O7PS/c1-3-21-56-43(54)27(2)47-58(55,57-32-10-5-4-6-11-32)39(44)28-13-16-37-29(22-28)23-38(59-37)40(51)46-34-12-7-9-31-14-15-36(50(31)41(34)52)42(53)49-25-30(26-49)33-24-45-18-17-35(33)48-19-8-20-48/h4-6,10-11,13,16-18,22-24,27,30-31,34,36,39H,3,7-9,12,14-15,19-21,25-26H2,1-2H3,(H,46,51)(H,47,55)/t27-,31-,34-,36-,39-,58?/m0/s1. The number of esters is 1. The van der Waals surface area contributed by atoms with Gasteiger partial charge >= 0.3 is 13.5 Å². The molecule has 2 aromatic heterocycles. The molecule has 4 saturated heterocycles. The first-order valence-electron chi connectivity index (χ1n) is 20.6. The van der Waals surface area contributed by atoms with Gasteiger partial charge in [-0.05, 0) is 99.2 Å². The first-order chi connectivity index (χ1) is 28.5. The van der Waals surface area contributed by atoms with Gasteiger partial charge < -0.3 is 29.3 Å². The molecule has 8 rings (SSSR count). The third-order valence-electron chi connectivity index (χ3n) is 11.8. The molecule has 0 spiro atoms. The lowest BCUT2D eigenvalue weighted by molar-refractivity contribution is -0.148. The molecule has 4 aromatic rings. The molecular weight excluding hydrogens is 795 g/mol. The first kappa shape index (κ1) is 40.9. The number of anilines is 1. The predicted octanol–water partition coefficient (Wildman–Crippen LogP) is 6.95. The average molecular weight is 845 g/mol. The van der Waals surface area contributed by atoms with Gasteiger partial charge in [-0.15, -0.1) is 11.3 Å². The summed E-state index contributed by atoms with van der Waals surface area (Å²) in [5, 5.41) is 6.09. The van der Waals surface area contributed by atoms with Crippen molar-refractivity contribution in [2.45, 2.75) is 94.8 Å². The number of thiophene rings is 1. The zero-order valence-electron chi connectivity index (χ0n) is 33.3. The van der Waals surface area contributed by atoms with Crippen LogP contribution in [0.2, 0.25) is 0 Å². The van der Waals surface area contributed by atoms with Gasteiger partial charge in [0.2, 0.25) is 17.7 Å². The summed E-state index contributed by atoms with van der Waals surface area (Å²) >= 11 is 1.19. The number of rotatable bonds is 14. The summed E-state index contributed by atoms with van der Waals surface area (Å²) < 4.78 is 42.4. The number of aromatic nitrogens is 1. The number of benzene rings is 2. The van der Waals surface area contributed by atoms with E-state index in [1.165, 1.54) is 48.1 Å². The SMILES string of the molecule is CCCOC(=O)[C@H](C)NP(=O)(Oc1ccccc1)[C@H](F)c1ccc2sc(C(=O)N[C@H]3CCC[C@H]4CC[C@@H](C(=O)N5CC(c6cnccc6N6CCC6)C5)N4C3=O)cc2c1. The highest BCUT2D eigenvalue weighted by Gasteiger charge is 2.48. The van der Waals surface area contributed by atoms with Crippen LogP contribution in [-0.2, 0) is 23.7 Å². The summed E-state index contributed by atoms with van der Waals surface area (Å²) in [5.41, 5.74) is 2.39. The Bertz CT molecular complexity index is 2250. The second kappa shape index (κ2) is 17.4. The van der Waals surface area contributed by atoms with E-state index in [-0.39, 0.29) is 41.7 Å². The number of amides is 3. The minimum Gasteiger partial charge on any atom is -0.465 e. The van der Waals surface area contributed by atoms with E-state index in [0.717, 1.165) is 32.4 Å². The Labute approximate surface area is 347 Å². The van der Waals surface area contributed by atoms with E-state index in [1.807, 2.05) is 24.2 Å². The van der Waals surface area contributed by atoms with Gasteiger partial charge in [0.25, 0.3) is 5.91 Å². The number of nitrogens with one attached hydrogen (secondary N) is 2. The van der Waals surface area contributed by atoms with E-state index in [1.54, 1.807) is 47.4 Å². The van der Waals surface area contributed by atoms with Crippen molar-refractivity contribution in [3.05, 3.63) is 89.1 Å². The van der Waals surface area contributed by atoms with Gasteiger partial charge in [-0.2, -0.15) is 0 Å². The molecule has 16 heteroatoms. The lowest BCUT2D eigenvalue weighted by atomic mass is 9.89. The summed E-state index contributed by atoms with van der Waals surface area (Å²) in [6.07, 6.45) is 8.79. The fourth-order valence-electron chi connectivity index (χ4n) is 8.54. The second-order valence-corrected chi connectivity index (χ2v) is 19.1. The van der Waals surface area contributed by atoms with Crippen LogP contribution in [0.1, 0.15) is 91.4 Å². The van der Waals surface area contributed by atoms with E-state index in [9.17, 15) is 23.7 Å². The highest BCUT2D eigenvalue weighted by molar-refractivity contribution is 7.57. The number of carbonyl (C=O) groups excluding carboxylic acids is 4. The summed E-state index contributed by atoms with van der Waals surface area (Å²) in [4.78, 5) is 65.1. The molecule has 6 atom stereocenters. The fourth-order valence-corrected chi connectivity index (χ4v) is 11.4. The Kier molecular flexibility index (Phi) is 12.1. The summed E-state index contributed by atoms with van der Waals surface area (Å²) in [5.74, 6) is -3.22. The number of hydrogen-bond donors (Lipinski definition) is 2. The van der Waals surface area contributed by atoms with Crippen molar-refractivity contribution in [3.8, 4) is 5.75 Å². The number of ether oxygens (including phenoxy) is 1. The van der Waals surface area contributed by atoms with E-state index in [2.05, 4.69) is 26.4 Å². The number of hydrogen-bond acceptors (Lipinski definition) is 10. The van der Waals surface area contributed by atoms with Gasteiger partial charge in [-0.1, -0.05) is 31.2 Å². The Morgan fingerprint density at radius 1 is 1.02 bits per heavy atom. The fraction of sp³-hybridized carbons (Fsp3) is 0.465. The number of fused-ring (bicyclic) bond motifs is 2. The Morgan fingerprint density at radius 3 is 2.56 bits per heavy atom. The lowest BCUT2D eigenvalue weighted by Crippen LogP contribution is -2.58. The van der Waals surface area contributed by atoms with E-state index in [4.69, 9.17) is 9.26 Å².